The third-order valence-corrected chi connectivity index (χ3v) is 5.64. The number of halogens is 2. The first-order valence-electron chi connectivity index (χ1n) is 9.25. The smallest absolute Gasteiger partial charge is 0.338 e. The Bertz CT molecular complexity index is 1240. The Morgan fingerprint density at radius 1 is 0.938 bits per heavy atom. The van der Waals surface area contributed by atoms with Crippen LogP contribution in [0.2, 0.25) is 0 Å². The average Bonchev–Trinajstić information content (AvgIpc) is 2.76. The number of aryl methyl sites for hydroxylation is 1. The molecule has 0 saturated heterocycles. The Morgan fingerprint density at radius 3 is 2.25 bits per heavy atom. The van der Waals surface area contributed by atoms with Gasteiger partial charge in [0.15, 0.2) is 6.61 Å². The first-order valence-corrected chi connectivity index (χ1v) is 10.7. The number of amides is 1. The number of carbonyl (C=O) groups excluding carboxylic acids is 2. The van der Waals surface area contributed by atoms with Crippen molar-refractivity contribution < 1.29 is 31.5 Å². The van der Waals surface area contributed by atoms with E-state index in [4.69, 9.17) is 4.74 Å². The van der Waals surface area contributed by atoms with Crippen LogP contribution >= 0.6 is 0 Å². The van der Waals surface area contributed by atoms with Crippen molar-refractivity contribution in [3.05, 3.63) is 89.5 Å². The van der Waals surface area contributed by atoms with E-state index in [0.29, 0.717) is 5.69 Å². The predicted octanol–water partition coefficient (Wildman–Crippen LogP) is 3.87. The number of nitrogens with one attached hydrogen (secondary N) is 2. The van der Waals surface area contributed by atoms with E-state index in [1.807, 2.05) is 6.92 Å². The van der Waals surface area contributed by atoms with Crippen LogP contribution in [-0.2, 0) is 19.6 Å². The van der Waals surface area contributed by atoms with Crippen molar-refractivity contribution in [1.82, 2.24) is 0 Å². The molecule has 0 aliphatic carbocycles. The molecular weight excluding hydrogens is 442 g/mol. The van der Waals surface area contributed by atoms with E-state index in [1.54, 1.807) is 24.3 Å². The molecular formula is C22H18F2N2O5S. The number of benzene rings is 3. The van der Waals surface area contributed by atoms with Crippen molar-refractivity contribution in [2.45, 2.75) is 11.8 Å². The van der Waals surface area contributed by atoms with E-state index in [2.05, 4.69) is 10.0 Å². The lowest BCUT2D eigenvalue weighted by molar-refractivity contribution is -0.119. The summed E-state index contributed by atoms with van der Waals surface area (Å²) in [5.41, 5.74) is 0.983. The first kappa shape index (κ1) is 22.9. The van der Waals surface area contributed by atoms with E-state index in [1.165, 1.54) is 24.3 Å². The average molecular weight is 460 g/mol. The fraction of sp³-hybridized carbons (Fsp3) is 0.0909. The highest BCUT2D eigenvalue weighted by Crippen LogP contribution is 2.18. The van der Waals surface area contributed by atoms with E-state index < -0.39 is 40.1 Å². The van der Waals surface area contributed by atoms with E-state index >= 15 is 0 Å². The van der Waals surface area contributed by atoms with Crippen molar-refractivity contribution in [2.24, 2.45) is 0 Å². The number of sulfonamides is 1. The lowest BCUT2D eigenvalue weighted by Crippen LogP contribution is -2.21. The predicted molar refractivity (Wildman–Crippen MR) is 114 cm³/mol. The summed E-state index contributed by atoms with van der Waals surface area (Å²) in [6, 6.07) is 14.2. The zero-order valence-electron chi connectivity index (χ0n) is 16.8. The largest absolute Gasteiger partial charge is 0.452 e. The molecule has 3 aromatic carbocycles. The molecule has 166 valence electrons. The van der Waals surface area contributed by atoms with Crippen molar-refractivity contribution in [2.75, 3.05) is 16.6 Å². The monoisotopic (exact) mass is 460 g/mol. The highest BCUT2D eigenvalue weighted by Gasteiger charge is 2.17. The van der Waals surface area contributed by atoms with Gasteiger partial charge in [-0.25, -0.2) is 22.0 Å². The number of anilines is 2. The summed E-state index contributed by atoms with van der Waals surface area (Å²) >= 11 is 0. The zero-order chi connectivity index (χ0) is 23.3. The summed E-state index contributed by atoms with van der Waals surface area (Å²) < 4.78 is 58.9. The molecule has 0 spiro atoms. The summed E-state index contributed by atoms with van der Waals surface area (Å²) in [6.45, 7) is 1.13. The number of ether oxygens (including phenoxy) is 1. The highest BCUT2D eigenvalue weighted by atomic mass is 32.2. The highest BCUT2D eigenvalue weighted by molar-refractivity contribution is 7.92. The first-order chi connectivity index (χ1) is 15.1. The van der Waals surface area contributed by atoms with E-state index in [-0.39, 0.29) is 16.1 Å². The molecule has 7 nitrogen and oxygen atoms in total. The minimum absolute atomic E-state index is 0.00372. The molecule has 0 aliphatic rings. The van der Waals surface area contributed by atoms with Crippen molar-refractivity contribution in [3.63, 3.8) is 0 Å². The molecule has 0 fully saturated rings. The Labute approximate surface area is 183 Å². The van der Waals surface area contributed by atoms with Crippen LogP contribution in [0, 0.1) is 18.6 Å². The molecule has 0 bridgehead atoms. The van der Waals surface area contributed by atoms with E-state index in [0.717, 1.165) is 23.8 Å². The maximum absolute atomic E-state index is 13.5. The van der Waals surface area contributed by atoms with Crippen LogP contribution < -0.4 is 10.0 Å². The molecule has 0 heterocycles. The second kappa shape index (κ2) is 9.56. The summed E-state index contributed by atoms with van der Waals surface area (Å²) in [6.07, 6.45) is 0. The molecule has 0 aromatic heterocycles. The summed E-state index contributed by atoms with van der Waals surface area (Å²) in [5.74, 6) is -3.35. The van der Waals surface area contributed by atoms with Gasteiger partial charge in [0.05, 0.1) is 16.1 Å². The van der Waals surface area contributed by atoms with Gasteiger partial charge in [-0.3, -0.25) is 9.52 Å². The zero-order valence-corrected chi connectivity index (χ0v) is 17.6. The van der Waals surface area contributed by atoms with Crippen molar-refractivity contribution in [3.8, 4) is 0 Å². The Morgan fingerprint density at radius 2 is 1.59 bits per heavy atom. The fourth-order valence-electron chi connectivity index (χ4n) is 2.60. The number of carbonyl (C=O) groups is 2. The van der Waals surface area contributed by atoms with Gasteiger partial charge in [-0.15, -0.1) is 0 Å². The lowest BCUT2D eigenvalue weighted by Gasteiger charge is -2.10. The third kappa shape index (κ3) is 5.88. The third-order valence-electron chi connectivity index (χ3n) is 4.24. The maximum Gasteiger partial charge on any atom is 0.338 e. The molecule has 0 unspecified atom stereocenters. The van der Waals surface area contributed by atoms with Gasteiger partial charge in [0.25, 0.3) is 15.9 Å². The van der Waals surface area contributed by atoms with Crippen molar-refractivity contribution >= 4 is 33.3 Å². The van der Waals surface area contributed by atoms with Crippen molar-refractivity contribution in [1.29, 1.82) is 0 Å². The van der Waals surface area contributed by atoms with Crippen LogP contribution in [0.5, 0.6) is 0 Å². The van der Waals surface area contributed by atoms with Gasteiger partial charge in [0.1, 0.15) is 11.6 Å². The van der Waals surface area contributed by atoms with Crippen LogP contribution in [0.25, 0.3) is 0 Å². The van der Waals surface area contributed by atoms with E-state index in [9.17, 15) is 26.8 Å². The SMILES string of the molecule is Cc1ccc(NS(=O)(=O)c2ccc(C(=O)OCC(=O)Nc3cc(F)ccc3F)cc2)cc1. The molecule has 32 heavy (non-hydrogen) atoms. The molecule has 1 amide bonds. The second-order valence-corrected chi connectivity index (χ2v) is 8.43. The van der Waals surface area contributed by atoms with Gasteiger partial charge < -0.3 is 10.1 Å². The van der Waals surface area contributed by atoms with Crippen LogP contribution in [0.3, 0.4) is 0 Å². The number of esters is 1. The number of hydrogen-bond donors (Lipinski definition) is 2. The standard InChI is InChI=1S/C22H18F2N2O5S/c1-14-2-7-17(8-3-14)26-32(29,30)18-9-4-15(5-10-18)22(28)31-13-21(27)25-20-12-16(23)6-11-19(20)24/h2-12,26H,13H2,1H3,(H,25,27). The molecule has 0 radical (unpaired) electrons. The molecule has 0 atom stereocenters. The Balaban J connectivity index is 1.59. The van der Waals surface area contributed by atoms with Gasteiger partial charge in [-0.1, -0.05) is 17.7 Å². The number of hydrogen-bond acceptors (Lipinski definition) is 5. The Hall–Kier alpha value is -3.79. The van der Waals surface area contributed by atoms with Gasteiger partial charge in [-0.2, -0.15) is 0 Å². The molecule has 2 N–H and O–H groups in total. The minimum atomic E-state index is -3.87. The molecule has 3 rings (SSSR count). The summed E-state index contributed by atoms with van der Waals surface area (Å²) in [7, 11) is -3.87. The van der Waals surface area contributed by atoms with Crippen LogP contribution in [0.4, 0.5) is 20.2 Å². The quantitative estimate of drug-likeness (QED) is 0.522. The van der Waals surface area contributed by atoms with Gasteiger partial charge in [0.2, 0.25) is 0 Å². The van der Waals surface area contributed by atoms with Crippen LogP contribution in [0.1, 0.15) is 15.9 Å². The molecule has 10 heteroatoms. The molecule has 3 aromatic rings. The lowest BCUT2D eigenvalue weighted by atomic mass is 10.2. The minimum Gasteiger partial charge on any atom is -0.452 e. The van der Waals surface area contributed by atoms with Gasteiger partial charge >= 0.3 is 5.97 Å². The Kier molecular flexibility index (Phi) is 6.84. The fourth-order valence-corrected chi connectivity index (χ4v) is 3.66. The van der Waals surface area contributed by atoms with Crippen LogP contribution in [0.15, 0.2) is 71.6 Å². The normalized spacial score (nSPS) is 11.0. The maximum atomic E-state index is 13.5. The molecule has 0 aliphatic heterocycles. The number of rotatable bonds is 7. The second-order valence-electron chi connectivity index (χ2n) is 6.74. The van der Waals surface area contributed by atoms with Crippen LogP contribution in [-0.4, -0.2) is 26.9 Å². The molecule has 0 saturated carbocycles. The summed E-state index contributed by atoms with van der Waals surface area (Å²) in [5, 5.41) is 2.09. The summed E-state index contributed by atoms with van der Waals surface area (Å²) in [4.78, 5) is 23.9. The van der Waals surface area contributed by atoms with Gasteiger partial charge in [0, 0.05) is 11.8 Å². The topological polar surface area (TPSA) is 102 Å². The van der Waals surface area contributed by atoms with Gasteiger partial charge in [-0.05, 0) is 55.5 Å².